The smallest absolute Gasteiger partial charge is 0.156 e. The van der Waals surface area contributed by atoms with Crippen LogP contribution in [-0.2, 0) is 0 Å². The number of hydrogen-bond donors (Lipinski definition) is 1. The van der Waals surface area contributed by atoms with Crippen LogP contribution >= 0.6 is 0 Å². The van der Waals surface area contributed by atoms with Crippen LogP contribution in [0.15, 0.2) is 36.4 Å². The number of aliphatic hydroxyl groups excluding tert-OH is 1. The first-order valence-corrected chi connectivity index (χ1v) is 6.33. The zero-order valence-corrected chi connectivity index (χ0v) is 11.7. The van der Waals surface area contributed by atoms with Gasteiger partial charge in [0.25, 0.3) is 0 Å². The molecule has 0 saturated heterocycles. The van der Waals surface area contributed by atoms with Crippen molar-refractivity contribution in [3.05, 3.63) is 63.8 Å². The third-order valence-corrected chi connectivity index (χ3v) is 3.10. The lowest BCUT2D eigenvalue weighted by atomic mass is 10.1. The maximum atomic E-state index is 10.4. The van der Waals surface area contributed by atoms with Crippen LogP contribution in [-0.4, -0.2) is 10.1 Å². The van der Waals surface area contributed by atoms with E-state index in [9.17, 15) is 10.4 Å². The van der Waals surface area contributed by atoms with Crippen LogP contribution in [0.3, 0.4) is 0 Å². The van der Waals surface area contributed by atoms with Crippen LogP contribution in [0, 0.1) is 40.9 Å². The summed E-state index contributed by atoms with van der Waals surface area (Å²) in [5.41, 5.74) is 0.860. The van der Waals surface area contributed by atoms with E-state index < -0.39 is 0 Å². The Morgan fingerprint density at radius 3 is 2.27 bits per heavy atom. The van der Waals surface area contributed by atoms with Crippen molar-refractivity contribution in [2.75, 3.05) is 0 Å². The number of nitriles is 3. The highest BCUT2D eigenvalue weighted by Gasteiger charge is 2.08. The third-order valence-electron chi connectivity index (χ3n) is 3.10. The van der Waals surface area contributed by atoms with E-state index in [4.69, 9.17) is 10.5 Å². The van der Waals surface area contributed by atoms with Crippen molar-refractivity contribution in [1.82, 2.24) is 4.98 Å². The van der Waals surface area contributed by atoms with E-state index in [0.717, 1.165) is 0 Å². The fraction of sp³-hybridized carbons (Fsp3) is 0.0588. The zero-order chi connectivity index (χ0) is 16.1. The Morgan fingerprint density at radius 1 is 1.09 bits per heavy atom. The molecule has 0 aliphatic heterocycles. The number of aliphatic hydroxyl groups is 1. The van der Waals surface area contributed by atoms with Crippen LogP contribution in [0.1, 0.15) is 16.8 Å². The maximum absolute atomic E-state index is 10.4. The Hall–Kier alpha value is -3.62. The zero-order valence-electron chi connectivity index (χ0n) is 11.7. The minimum absolute atomic E-state index is 0.0101. The Labute approximate surface area is 126 Å². The van der Waals surface area contributed by atoms with E-state index in [-0.39, 0.29) is 22.2 Å². The standard InChI is InChI=1S/C17H10N4O/c1-11-15(17(22)12-5-3-2-4-6-12)7-13(8-18)16(21-11)14(9-19)10-20/h2-7,22H,1H3/b17-15+. The first kappa shape index (κ1) is 14.8. The van der Waals surface area contributed by atoms with Gasteiger partial charge in [0, 0.05) is 16.5 Å². The predicted molar refractivity (Wildman–Crippen MR) is 79.2 cm³/mol. The quantitative estimate of drug-likeness (QED) is 0.847. The fourth-order valence-corrected chi connectivity index (χ4v) is 2.00. The highest BCUT2D eigenvalue weighted by atomic mass is 16.3. The molecule has 5 heteroatoms. The number of pyridine rings is 1. The Kier molecular flexibility index (Phi) is 4.18. The second-order valence-electron chi connectivity index (χ2n) is 4.44. The van der Waals surface area contributed by atoms with Crippen molar-refractivity contribution in [3.63, 3.8) is 0 Å². The van der Waals surface area contributed by atoms with Crippen LogP contribution < -0.4 is 10.6 Å². The molecule has 0 unspecified atom stereocenters. The van der Waals surface area contributed by atoms with Crippen LogP contribution in [0.5, 0.6) is 0 Å². The summed E-state index contributed by atoms with van der Waals surface area (Å²) in [6.45, 7) is 1.64. The molecule has 104 valence electrons. The molecule has 0 aliphatic carbocycles. The molecule has 2 rings (SSSR count). The summed E-state index contributed by atoms with van der Waals surface area (Å²) in [4.78, 5) is 4.15. The average molecular weight is 286 g/mol. The Morgan fingerprint density at radius 2 is 1.73 bits per heavy atom. The van der Waals surface area contributed by atoms with Crippen LogP contribution in [0.4, 0.5) is 0 Å². The van der Waals surface area contributed by atoms with Gasteiger partial charge in [-0.3, -0.25) is 0 Å². The molecule has 5 nitrogen and oxygen atoms in total. The molecule has 1 aromatic carbocycles. The lowest BCUT2D eigenvalue weighted by Crippen LogP contribution is -2.25. The minimum atomic E-state index is -0.231. The van der Waals surface area contributed by atoms with Gasteiger partial charge >= 0.3 is 0 Å². The van der Waals surface area contributed by atoms with Crippen molar-refractivity contribution in [2.24, 2.45) is 0 Å². The predicted octanol–water partition coefficient (Wildman–Crippen LogP) is 1.17. The summed E-state index contributed by atoms with van der Waals surface area (Å²) in [7, 11) is 0. The number of benzene rings is 1. The molecule has 0 atom stereocenters. The first-order chi connectivity index (χ1) is 10.6. The van der Waals surface area contributed by atoms with Crippen molar-refractivity contribution in [3.8, 4) is 18.2 Å². The van der Waals surface area contributed by atoms with Gasteiger partial charge in [0.05, 0.1) is 5.56 Å². The number of hydrogen-bond acceptors (Lipinski definition) is 5. The molecule has 1 N–H and O–H groups in total. The van der Waals surface area contributed by atoms with Crippen molar-refractivity contribution >= 4 is 11.3 Å². The third kappa shape index (κ3) is 2.63. The molecule has 2 aromatic rings. The van der Waals surface area contributed by atoms with Crippen LogP contribution in [0.2, 0.25) is 0 Å². The van der Waals surface area contributed by atoms with E-state index in [1.165, 1.54) is 6.07 Å². The van der Waals surface area contributed by atoms with E-state index >= 15 is 0 Å². The molecule has 0 aliphatic rings. The fourth-order valence-electron chi connectivity index (χ4n) is 2.00. The lowest BCUT2D eigenvalue weighted by molar-refractivity contribution is 0.507. The highest BCUT2D eigenvalue weighted by Crippen LogP contribution is 2.07. The normalized spacial score (nSPS) is 10.8. The SMILES string of the molecule is Cc1nc(=C(C#N)C#N)c(C#N)c/c1=C(\O)c1ccccc1. The summed E-state index contributed by atoms with van der Waals surface area (Å²) in [5, 5.41) is 37.9. The van der Waals surface area contributed by atoms with Crippen LogP contribution in [0.25, 0.3) is 11.3 Å². The van der Waals surface area contributed by atoms with Crippen molar-refractivity contribution in [1.29, 1.82) is 15.8 Å². The first-order valence-electron chi connectivity index (χ1n) is 6.33. The van der Waals surface area contributed by atoms with Gasteiger partial charge in [-0.05, 0) is 13.0 Å². The number of rotatable bonds is 1. The van der Waals surface area contributed by atoms with Gasteiger partial charge in [-0.1, -0.05) is 30.3 Å². The molecule has 0 saturated carbocycles. The summed E-state index contributed by atoms with van der Waals surface area (Å²) >= 11 is 0. The van der Waals surface area contributed by atoms with Gasteiger partial charge in [-0.2, -0.15) is 15.8 Å². The lowest BCUT2D eigenvalue weighted by Gasteiger charge is -2.03. The molecule has 0 amide bonds. The number of nitrogens with zero attached hydrogens (tertiary/aromatic N) is 4. The molecule has 0 bridgehead atoms. The van der Waals surface area contributed by atoms with Crippen molar-refractivity contribution in [2.45, 2.75) is 6.92 Å². The van der Waals surface area contributed by atoms with Gasteiger partial charge < -0.3 is 5.11 Å². The van der Waals surface area contributed by atoms with Gasteiger partial charge in [-0.15, -0.1) is 0 Å². The van der Waals surface area contributed by atoms with Gasteiger partial charge in [0.1, 0.15) is 29.3 Å². The monoisotopic (exact) mass is 286 g/mol. The number of aryl methyl sites for hydroxylation is 1. The summed E-state index contributed by atoms with van der Waals surface area (Å²) in [6.07, 6.45) is 0. The Bertz CT molecular complexity index is 955. The molecule has 1 heterocycles. The summed E-state index contributed by atoms with van der Waals surface area (Å²) in [6, 6.07) is 15.7. The number of aromatic nitrogens is 1. The second-order valence-corrected chi connectivity index (χ2v) is 4.44. The van der Waals surface area contributed by atoms with E-state index in [2.05, 4.69) is 4.98 Å². The second kappa shape index (κ2) is 6.22. The highest BCUT2D eigenvalue weighted by molar-refractivity contribution is 5.73. The summed E-state index contributed by atoms with van der Waals surface area (Å²) < 4.78 is 0. The summed E-state index contributed by atoms with van der Waals surface area (Å²) in [5.74, 6) is -0.0101. The van der Waals surface area contributed by atoms with Gasteiger partial charge in [-0.25, -0.2) is 4.98 Å². The largest absolute Gasteiger partial charge is 0.507 e. The minimum Gasteiger partial charge on any atom is -0.507 e. The van der Waals surface area contributed by atoms with E-state index in [1.807, 2.05) is 12.1 Å². The molecule has 22 heavy (non-hydrogen) atoms. The maximum Gasteiger partial charge on any atom is 0.156 e. The van der Waals surface area contributed by atoms with Gasteiger partial charge in [0.2, 0.25) is 0 Å². The molecular formula is C17H10N4O. The molecule has 0 spiro atoms. The average Bonchev–Trinajstić information content (AvgIpc) is 2.56. The molecule has 1 aromatic heterocycles. The Balaban J connectivity index is 2.91. The topological polar surface area (TPSA) is 104 Å². The van der Waals surface area contributed by atoms with E-state index in [1.54, 1.807) is 43.3 Å². The molecule has 0 fully saturated rings. The molecule has 0 radical (unpaired) electrons. The van der Waals surface area contributed by atoms with Gasteiger partial charge in [0.15, 0.2) is 5.57 Å². The van der Waals surface area contributed by atoms with Crippen molar-refractivity contribution < 1.29 is 5.11 Å². The van der Waals surface area contributed by atoms with E-state index in [0.29, 0.717) is 16.5 Å². The molecular weight excluding hydrogens is 276 g/mol.